The molecule has 1 aliphatic rings. The summed E-state index contributed by atoms with van der Waals surface area (Å²) in [4.78, 5) is 14.6. The van der Waals surface area contributed by atoms with Crippen molar-refractivity contribution >= 4 is 5.91 Å². The summed E-state index contributed by atoms with van der Waals surface area (Å²) in [5, 5.41) is 0. The van der Waals surface area contributed by atoms with Gasteiger partial charge in [-0.3, -0.25) is 4.79 Å². The van der Waals surface area contributed by atoms with Crippen molar-refractivity contribution in [3.63, 3.8) is 0 Å². The maximum absolute atomic E-state index is 13.3. The summed E-state index contributed by atoms with van der Waals surface area (Å²) in [6, 6.07) is 13.1. The van der Waals surface area contributed by atoms with Crippen LogP contribution in [0.2, 0.25) is 0 Å². The van der Waals surface area contributed by atoms with Gasteiger partial charge in [0.2, 0.25) is 5.91 Å². The van der Waals surface area contributed by atoms with Crippen LogP contribution in [0.1, 0.15) is 35.1 Å². The minimum absolute atomic E-state index is 0.00147. The van der Waals surface area contributed by atoms with Crippen molar-refractivity contribution in [3.05, 3.63) is 70.8 Å². The molecule has 2 aromatic carbocycles. The predicted molar refractivity (Wildman–Crippen MR) is 101 cm³/mol. The Kier molecular flexibility index (Phi) is 6.39. The van der Waals surface area contributed by atoms with Gasteiger partial charge in [-0.15, -0.1) is 0 Å². The summed E-state index contributed by atoms with van der Waals surface area (Å²) in [6.07, 6.45) is -3.03. The first-order valence-electron chi connectivity index (χ1n) is 9.43. The molecule has 1 atom stereocenters. The number of carbonyl (C=O) groups is 1. The van der Waals surface area contributed by atoms with E-state index in [9.17, 15) is 18.0 Å². The zero-order valence-electron chi connectivity index (χ0n) is 15.8. The molecular formula is C22H24F3NO2. The Bertz CT molecular complexity index is 813. The SMILES string of the molecule is Cc1cccc(CN(CC2CCCO2)C(=O)Cc2ccccc2C(F)(F)F)c1. The molecule has 1 amide bonds. The molecule has 0 radical (unpaired) electrons. The molecule has 1 fully saturated rings. The van der Waals surface area contributed by atoms with E-state index < -0.39 is 11.7 Å². The van der Waals surface area contributed by atoms with E-state index in [2.05, 4.69) is 0 Å². The first-order valence-corrected chi connectivity index (χ1v) is 9.43. The van der Waals surface area contributed by atoms with Gasteiger partial charge >= 0.3 is 6.18 Å². The third-order valence-electron chi connectivity index (χ3n) is 4.92. The monoisotopic (exact) mass is 391 g/mol. The standard InChI is InChI=1S/C22H24F3NO2/c1-16-6-4-7-17(12-16)14-26(15-19-9-5-11-28-19)21(27)13-18-8-2-3-10-20(18)22(23,24)25/h2-4,6-8,10,12,19H,5,9,11,13-15H2,1H3. The highest BCUT2D eigenvalue weighted by Gasteiger charge is 2.34. The summed E-state index contributed by atoms with van der Waals surface area (Å²) in [5.41, 5.74) is 1.28. The van der Waals surface area contributed by atoms with Gasteiger partial charge in [-0.25, -0.2) is 0 Å². The average molecular weight is 391 g/mol. The molecule has 150 valence electrons. The molecule has 3 rings (SSSR count). The molecule has 1 aliphatic heterocycles. The number of hydrogen-bond donors (Lipinski definition) is 0. The van der Waals surface area contributed by atoms with Gasteiger partial charge in [-0.2, -0.15) is 13.2 Å². The third-order valence-corrected chi connectivity index (χ3v) is 4.92. The van der Waals surface area contributed by atoms with Crippen LogP contribution in [0.25, 0.3) is 0 Å². The van der Waals surface area contributed by atoms with Crippen LogP contribution in [0.3, 0.4) is 0 Å². The Morgan fingerprint density at radius 3 is 2.64 bits per heavy atom. The normalized spacial score (nSPS) is 16.9. The van der Waals surface area contributed by atoms with Crippen LogP contribution in [-0.2, 0) is 28.7 Å². The van der Waals surface area contributed by atoms with E-state index in [1.165, 1.54) is 18.2 Å². The molecule has 0 N–H and O–H groups in total. The molecule has 0 bridgehead atoms. The average Bonchev–Trinajstić information content (AvgIpc) is 3.14. The molecule has 28 heavy (non-hydrogen) atoms. The van der Waals surface area contributed by atoms with Crippen molar-refractivity contribution in [2.75, 3.05) is 13.2 Å². The lowest BCUT2D eigenvalue weighted by atomic mass is 10.0. The summed E-state index contributed by atoms with van der Waals surface area (Å²) in [6.45, 7) is 3.37. The number of aryl methyl sites for hydroxylation is 1. The van der Waals surface area contributed by atoms with Gasteiger partial charge in [0.05, 0.1) is 18.1 Å². The predicted octanol–water partition coefficient (Wildman–Crippen LogP) is 4.76. The number of amides is 1. The highest BCUT2D eigenvalue weighted by atomic mass is 19.4. The van der Waals surface area contributed by atoms with Gasteiger partial charge in [0, 0.05) is 19.7 Å². The van der Waals surface area contributed by atoms with Gasteiger partial charge in [0.15, 0.2) is 0 Å². The minimum atomic E-state index is -4.48. The summed E-state index contributed by atoms with van der Waals surface area (Å²) < 4.78 is 45.5. The van der Waals surface area contributed by atoms with Crippen molar-refractivity contribution in [2.24, 2.45) is 0 Å². The smallest absolute Gasteiger partial charge is 0.376 e. The number of carbonyl (C=O) groups excluding carboxylic acids is 1. The van der Waals surface area contributed by atoms with Crippen molar-refractivity contribution in [1.29, 1.82) is 0 Å². The van der Waals surface area contributed by atoms with Crippen molar-refractivity contribution in [1.82, 2.24) is 4.90 Å². The second-order valence-corrected chi connectivity index (χ2v) is 7.23. The van der Waals surface area contributed by atoms with E-state index in [1.54, 1.807) is 4.90 Å². The van der Waals surface area contributed by atoms with E-state index in [0.717, 1.165) is 30.0 Å². The van der Waals surface area contributed by atoms with Gasteiger partial charge < -0.3 is 9.64 Å². The zero-order valence-corrected chi connectivity index (χ0v) is 15.8. The quantitative estimate of drug-likeness (QED) is 0.710. The number of benzene rings is 2. The van der Waals surface area contributed by atoms with E-state index >= 15 is 0 Å². The lowest BCUT2D eigenvalue weighted by molar-refractivity contribution is -0.139. The third kappa shape index (κ3) is 5.35. The van der Waals surface area contributed by atoms with Crippen LogP contribution in [0.15, 0.2) is 48.5 Å². The van der Waals surface area contributed by atoms with Crippen molar-refractivity contribution in [3.8, 4) is 0 Å². The van der Waals surface area contributed by atoms with Gasteiger partial charge in [-0.1, -0.05) is 48.0 Å². The summed E-state index contributed by atoms with van der Waals surface area (Å²) >= 11 is 0. The van der Waals surface area contributed by atoms with Crippen molar-refractivity contribution < 1.29 is 22.7 Å². The van der Waals surface area contributed by atoms with Gasteiger partial charge in [-0.05, 0) is 37.0 Å². The van der Waals surface area contributed by atoms with Crippen LogP contribution in [-0.4, -0.2) is 30.1 Å². The highest BCUT2D eigenvalue weighted by Crippen LogP contribution is 2.32. The largest absolute Gasteiger partial charge is 0.416 e. The molecule has 0 aromatic heterocycles. The fourth-order valence-electron chi connectivity index (χ4n) is 3.55. The molecule has 0 aliphatic carbocycles. The second kappa shape index (κ2) is 8.78. The van der Waals surface area contributed by atoms with Crippen LogP contribution < -0.4 is 0 Å². The van der Waals surface area contributed by atoms with Crippen LogP contribution >= 0.6 is 0 Å². The summed E-state index contributed by atoms with van der Waals surface area (Å²) in [7, 11) is 0. The van der Waals surface area contributed by atoms with E-state index in [-0.39, 0.29) is 24.0 Å². The van der Waals surface area contributed by atoms with Crippen LogP contribution in [0.4, 0.5) is 13.2 Å². The Labute approximate surface area is 163 Å². The van der Waals surface area contributed by atoms with Crippen LogP contribution in [0, 0.1) is 6.92 Å². The molecular weight excluding hydrogens is 367 g/mol. The number of rotatable bonds is 6. The molecule has 1 heterocycles. The van der Waals surface area contributed by atoms with E-state index in [1.807, 2.05) is 31.2 Å². The Morgan fingerprint density at radius 1 is 1.18 bits per heavy atom. The van der Waals surface area contributed by atoms with Gasteiger partial charge in [0.25, 0.3) is 0 Å². The number of nitrogens with zero attached hydrogens (tertiary/aromatic N) is 1. The Hall–Kier alpha value is -2.34. The van der Waals surface area contributed by atoms with Crippen LogP contribution in [0.5, 0.6) is 0 Å². The lowest BCUT2D eigenvalue weighted by Crippen LogP contribution is -2.38. The van der Waals surface area contributed by atoms with Gasteiger partial charge in [0.1, 0.15) is 0 Å². The molecule has 1 unspecified atom stereocenters. The van der Waals surface area contributed by atoms with E-state index in [4.69, 9.17) is 4.74 Å². The fourth-order valence-corrected chi connectivity index (χ4v) is 3.55. The Morgan fingerprint density at radius 2 is 1.96 bits per heavy atom. The Balaban J connectivity index is 1.80. The second-order valence-electron chi connectivity index (χ2n) is 7.23. The minimum Gasteiger partial charge on any atom is -0.376 e. The molecule has 0 saturated carbocycles. The lowest BCUT2D eigenvalue weighted by Gasteiger charge is -2.26. The fraction of sp³-hybridized carbons (Fsp3) is 0.409. The maximum atomic E-state index is 13.3. The van der Waals surface area contributed by atoms with E-state index in [0.29, 0.717) is 19.7 Å². The maximum Gasteiger partial charge on any atom is 0.416 e. The number of alkyl halides is 3. The first kappa shape index (κ1) is 20.4. The van der Waals surface area contributed by atoms with Crippen molar-refractivity contribution in [2.45, 2.75) is 45.0 Å². The zero-order chi connectivity index (χ0) is 20.1. The number of halogens is 3. The molecule has 3 nitrogen and oxygen atoms in total. The molecule has 6 heteroatoms. The number of ether oxygens (including phenoxy) is 1. The molecule has 2 aromatic rings. The highest BCUT2D eigenvalue weighted by molar-refractivity contribution is 5.79. The molecule has 1 saturated heterocycles. The first-order chi connectivity index (χ1) is 13.3. The number of hydrogen-bond acceptors (Lipinski definition) is 2. The summed E-state index contributed by atoms with van der Waals surface area (Å²) in [5.74, 6) is -0.325. The molecule has 0 spiro atoms. The topological polar surface area (TPSA) is 29.5 Å².